The molecule has 0 aliphatic rings. The maximum absolute atomic E-state index is 12.1. The van der Waals surface area contributed by atoms with Crippen molar-refractivity contribution in [2.75, 3.05) is 5.32 Å². The first-order chi connectivity index (χ1) is 8.45. The minimum absolute atomic E-state index is 0.0132. The molecular weight excluding hydrogens is 234 g/mol. The summed E-state index contributed by atoms with van der Waals surface area (Å²) in [7, 11) is 0. The Hall–Kier alpha value is -2.05. The van der Waals surface area contributed by atoms with Crippen LogP contribution in [0.5, 0.6) is 0 Å². The monoisotopic (exact) mass is 253 g/mol. The molecule has 2 atom stereocenters. The summed E-state index contributed by atoms with van der Waals surface area (Å²) in [4.78, 5) is 23.0. The van der Waals surface area contributed by atoms with Gasteiger partial charge in [-0.2, -0.15) is 5.10 Å². The minimum atomic E-state index is -0.711. The van der Waals surface area contributed by atoms with Gasteiger partial charge in [0.25, 0.3) is 0 Å². The van der Waals surface area contributed by atoms with Crippen LogP contribution in [0.4, 0.5) is 10.6 Å². The number of nitrogens with one attached hydrogen (secondary N) is 3. The van der Waals surface area contributed by atoms with Crippen molar-refractivity contribution in [2.45, 2.75) is 33.2 Å². The Kier molecular flexibility index (Phi) is 4.70. The molecule has 5 N–H and O–H groups in total. The van der Waals surface area contributed by atoms with Gasteiger partial charge in [-0.05, 0) is 12.8 Å². The first-order valence-corrected chi connectivity index (χ1v) is 5.82. The normalized spacial score (nSPS) is 13.7. The lowest BCUT2D eigenvalue weighted by Gasteiger charge is -2.22. The number of nitrogens with two attached hydrogens (primary N) is 1. The molecule has 1 rings (SSSR count). The third kappa shape index (κ3) is 3.47. The van der Waals surface area contributed by atoms with Gasteiger partial charge in [0.2, 0.25) is 5.91 Å². The molecule has 0 aromatic carbocycles. The number of H-pyrrole nitrogens is 1. The van der Waals surface area contributed by atoms with E-state index in [1.54, 1.807) is 6.20 Å². The maximum atomic E-state index is 12.1. The number of urea groups is 1. The van der Waals surface area contributed by atoms with E-state index < -0.39 is 12.1 Å². The quantitative estimate of drug-likeness (QED) is 0.620. The van der Waals surface area contributed by atoms with Crippen LogP contribution in [-0.4, -0.2) is 28.2 Å². The first kappa shape index (κ1) is 14.0. The molecule has 100 valence electrons. The van der Waals surface area contributed by atoms with E-state index in [4.69, 9.17) is 5.73 Å². The SMILES string of the molecule is CCC(C)C(NC(N)=O)C(=O)Nc1[nH]ncc1C. The summed E-state index contributed by atoms with van der Waals surface area (Å²) in [5.74, 6) is 0.204. The fourth-order valence-corrected chi connectivity index (χ4v) is 1.53. The Morgan fingerprint density at radius 2 is 2.22 bits per heavy atom. The smallest absolute Gasteiger partial charge is 0.312 e. The van der Waals surface area contributed by atoms with Crippen LogP contribution in [0, 0.1) is 12.8 Å². The average molecular weight is 253 g/mol. The zero-order valence-electron chi connectivity index (χ0n) is 10.8. The number of amides is 3. The van der Waals surface area contributed by atoms with Crippen LogP contribution < -0.4 is 16.4 Å². The summed E-state index contributed by atoms with van der Waals surface area (Å²) in [5.41, 5.74) is 5.90. The van der Waals surface area contributed by atoms with Crippen LogP contribution >= 0.6 is 0 Å². The number of aromatic nitrogens is 2. The van der Waals surface area contributed by atoms with Gasteiger partial charge in [-0.1, -0.05) is 20.3 Å². The summed E-state index contributed by atoms with van der Waals surface area (Å²) < 4.78 is 0. The topological polar surface area (TPSA) is 113 Å². The molecular formula is C11H19N5O2. The van der Waals surface area contributed by atoms with Gasteiger partial charge in [-0.25, -0.2) is 4.79 Å². The predicted octanol–water partition coefficient (Wildman–Crippen LogP) is 0.740. The Morgan fingerprint density at radius 1 is 1.56 bits per heavy atom. The molecule has 0 saturated heterocycles. The Labute approximate surface area is 106 Å². The fraction of sp³-hybridized carbons (Fsp3) is 0.545. The molecule has 0 bridgehead atoms. The van der Waals surface area contributed by atoms with Gasteiger partial charge in [-0.15, -0.1) is 0 Å². The second-order valence-corrected chi connectivity index (χ2v) is 4.29. The Bertz CT molecular complexity index is 429. The molecule has 0 aliphatic carbocycles. The van der Waals surface area contributed by atoms with Gasteiger partial charge in [0, 0.05) is 5.56 Å². The van der Waals surface area contributed by atoms with Gasteiger partial charge in [0.05, 0.1) is 6.20 Å². The second-order valence-electron chi connectivity index (χ2n) is 4.29. The van der Waals surface area contributed by atoms with E-state index in [9.17, 15) is 9.59 Å². The predicted molar refractivity (Wildman–Crippen MR) is 67.9 cm³/mol. The van der Waals surface area contributed by atoms with Crippen LogP contribution in [0.2, 0.25) is 0 Å². The molecule has 7 heteroatoms. The van der Waals surface area contributed by atoms with E-state index in [1.807, 2.05) is 20.8 Å². The standard InChI is InChI=1S/C11H19N5O2/c1-4-6(2)8(14-11(12)18)10(17)15-9-7(3)5-13-16-9/h5-6,8H,4H2,1-3H3,(H3,12,14,18)(H2,13,15,16,17). The number of carbonyl (C=O) groups is 2. The molecule has 0 spiro atoms. The highest BCUT2D eigenvalue weighted by Gasteiger charge is 2.25. The van der Waals surface area contributed by atoms with Crippen LogP contribution in [-0.2, 0) is 4.79 Å². The number of aryl methyl sites for hydroxylation is 1. The van der Waals surface area contributed by atoms with Gasteiger partial charge < -0.3 is 16.4 Å². The van der Waals surface area contributed by atoms with E-state index in [1.165, 1.54) is 0 Å². The van der Waals surface area contributed by atoms with Gasteiger partial charge in [-0.3, -0.25) is 9.89 Å². The summed E-state index contributed by atoms with van der Waals surface area (Å²) >= 11 is 0. The molecule has 7 nitrogen and oxygen atoms in total. The van der Waals surface area contributed by atoms with Crippen molar-refractivity contribution in [1.82, 2.24) is 15.5 Å². The van der Waals surface area contributed by atoms with Crippen LogP contribution in [0.3, 0.4) is 0 Å². The zero-order chi connectivity index (χ0) is 13.7. The van der Waals surface area contributed by atoms with E-state index in [0.717, 1.165) is 12.0 Å². The van der Waals surface area contributed by atoms with Crippen molar-refractivity contribution in [3.63, 3.8) is 0 Å². The molecule has 2 unspecified atom stereocenters. The van der Waals surface area contributed by atoms with E-state index in [0.29, 0.717) is 5.82 Å². The number of primary amides is 1. The molecule has 18 heavy (non-hydrogen) atoms. The van der Waals surface area contributed by atoms with Crippen LogP contribution in [0.25, 0.3) is 0 Å². The molecule has 1 aromatic rings. The number of carbonyl (C=O) groups excluding carboxylic acids is 2. The minimum Gasteiger partial charge on any atom is -0.352 e. The lowest BCUT2D eigenvalue weighted by Crippen LogP contribution is -2.49. The molecule has 1 aromatic heterocycles. The van der Waals surface area contributed by atoms with Gasteiger partial charge in [0.15, 0.2) is 0 Å². The molecule has 0 saturated carbocycles. The van der Waals surface area contributed by atoms with Gasteiger partial charge >= 0.3 is 6.03 Å². The van der Waals surface area contributed by atoms with Gasteiger partial charge in [0.1, 0.15) is 11.9 Å². The Morgan fingerprint density at radius 3 is 2.67 bits per heavy atom. The third-order valence-electron chi connectivity index (χ3n) is 2.87. The number of anilines is 1. The van der Waals surface area contributed by atoms with Crippen molar-refractivity contribution >= 4 is 17.8 Å². The lowest BCUT2D eigenvalue weighted by atomic mass is 9.98. The number of rotatable bonds is 5. The van der Waals surface area contributed by atoms with Crippen LogP contribution in [0.15, 0.2) is 6.20 Å². The number of hydrogen-bond donors (Lipinski definition) is 4. The Balaban J connectivity index is 2.76. The average Bonchev–Trinajstić information content (AvgIpc) is 2.70. The highest BCUT2D eigenvalue weighted by molar-refractivity contribution is 5.96. The largest absolute Gasteiger partial charge is 0.352 e. The molecule has 1 heterocycles. The van der Waals surface area contributed by atoms with E-state index in [2.05, 4.69) is 20.8 Å². The highest BCUT2D eigenvalue weighted by atomic mass is 16.2. The third-order valence-corrected chi connectivity index (χ3v) is 2.87. The highest BCUT2D eigenvalue weighted by Crippen LogP contribution is 2.13. The summed E-state index contributed by atoms with van der Waals surface area (Å²) in [6.45, 7) is 5.63. The van der Waals surface area contributed by atoms with Crippen molar-refractivity contribution in [3.8, 4) is 0 Å². The van der Waals surface area contributed by atoms with E-state index in [-0.39, 0.29) is 11.8 Å². The fourth-order valence-electron chi connectivity index (χ4n) is 1.53. The number of nitrogens with zero attached hydrogens (tertiary/aromatic N) is 1. The molecule has 0 aliphatic heterocycles. The van der Waals surface area contributed by atoms with Crippen molar-refractivity contribution in [1.29, 1.82) is 0 Å². The maximum Gasteiger partial charge on any atom is 0.312 e. The molecule has 3 amide bonds. The van der Waals surface area contributed by atoms with Crippen molar-refractivity contribution < 1.29 is 9.59 Å². The van der Waals surface area contributed by atoms with Crippen molar-refractivity contribution in [3.05, 3.63) is 11.8 Å². The second kappa shape index (κ2) is 6.04. The first-order valence-electron chi connectivity index (χ1n) is 5.82. The summed E-state index contributed by atoms with van der Waals surface area (Å²) in [5, 5.41) is 11.6. The summed E-state index contributed by atoms with van der Waals surface area (Å²) in [6.07, 6.45) is 2.36. The lowest BCUT2D eigenvalue weighted by molar-refractivity contribution is -0.119. The molecule has 0 radical (unpaired) electrons. The van der Waals surface area contributed by atoms with E-state index >= 15 is 0 Å². The summed E-state index contributed by atoms with van der Waals surface area (Å²) in [6, 6.07) is -1.37. The number of aromatic amines is 1. The molecule has 0 fully saturated rings. The zero-order valence-corrected chi connectivity index (χ0v) is 10.8. The number of hydrogen-bond acceptors (Lipinski definition) is 3. The van der Waals surface area contributed by atoms with Crippen molar-refractivity contribution in [2.24, 2.45) is 11.7 Å². The van der Waals surface area contributed by atoms with Crippen LogP contribution in [0.1, 0.15) is 25.8 Å².